The summed E-state index contributed by atoms with van der Waals surface area (Å²) in [4.78, 5) is 31.8. The second-order valence-corrected chi connectivity index (χ2v) is 10.1. The number of benzene rings is 2. The van der Waals surface area contributed by atoms with Crippen molar-refractivity contribution in [1.82, 2.24) is 15.2 Å². The van der Waals surface area contributed by atoms with E-state index in [4.69, 9.17) is 11.6 Å². The Morgan fingerprint density at radius 1 is 1.03 bits per heavy atom. The van der Waals surface area contributed by atoms with Gasteiger partial charge in [0, 0.05) is 28.7 Å². The predicted molar refractivity (Wildman–Crippen MR) is 136 cm³/mol. The molecule has 7 nitrogen and oxygen atoms in total. The number of aliphatic hydroxyl groups is 1. The number of thioether (sulfide) groups is 1. The first kappa shape index (κ1) is 23.2. The number of carbonyl (C=O) groups excluding carboxylic acids is 2. The Hall–Kier alpha value is -3.53. The number of rotatable bonds is 6. The third kappa shape index (κ3) is 4.58. The summed E-state index contributed by atoms with van der Waals surface area (Å²) in [5.41, 5.74) is 1.95. The van der Waals surface area contributed by atoms with Crippen molar-refractivity contribution >= 4 is 57.3 Å². The second kappa shape index (κ2) is 9.99. The molecule has 4 aromatic rings. The molecule has 0 saturated carbocycles. The molecule has 0 radical (unpaired) electrons. The summed E-state index contributed by atoms with van der Waals surface area (Å²) in [7, 11) is 0. The number of aliphatic hydroxyl groups excluding tert-OH is 1. The number of pyridine rings is 1. The van der Waals surface area contributed by atoms with Crippen LogP contribution in [-0.4, -0.2) is 32.0 Å². The molecule has 0 aliphatic carbocycles. The molecule has 1 atom stereocenters. The van der Waals surface area contributed by atoms with E-state index in [2.05, 4.69) is 15.2 Å². The van der Waals surface area contributed by atoms with Crippen molar-refractivity contribution in [3.63, 3.8) is 0 Å². The number of aromatic nitrogens is 3. The molecule has 1 N–H and O–H groups in total. The van der Waals surface area contributed by atoms with E-state index in [-0.39, 0.29) is 16.5 Å². The summed E-state index contributed by atoms with van der Waals surface area (Å²) in [5.74, 6) is -1.25. The van der Waals surface area contributed by atoms with Gasteiger partial charge in [-0.15, -0.1) is 10.2 Å². The number of ketones is 1. The number of amides is 1. The average molecular weight is 521 g/mol. The van der Waals surface area contributed by atoms with Gasteiger partial charge in [-0.05, 0) is 23.3 Å². The SMILES string of the molecule is O=C1C(=O)N(c2nnc(SCc3ccccc3Cl)s2)C(c2cccnc2)C1=C(O)c1ccccc1. The highest BCUT2D eigenvalue weighted by molar-refractivity contribution is 8.00. The number of nitrogens with zero attached hydrogens (tertiary/aromatic N) is 4. The van der Waals surface area contributed by atoms with Crippen LogP contribution in [0.2, 0.25) is 5.02 Å². The van der Waals surface area contributed by atoms with Crippen molar-refractivity contribution in [2.75, 3.05) is 4.90 Å². The number of Topliss-reactive ketones (excluding diaryl/α,β-unsaturated/α-hetero) is 1. The Morgan fingerprint density at radius 3 is 2.54 bits per heavy atom. The minimum Gasteiger partial charge on any atom is -0.507 e. The predicted octanol–water partition coefficient (Wildman–Crippen LogP) is 5.51. The Labute approximate surface area is 214 Å². The lowest BCUT2D eigenvalue weighted by Gasteiger charge is -2.22. The van der Waals surface area contributed by atoms with E-state index < -0.39 is 17.7 Å². The van der Waals surface area contributed by atoms with Crippen LogP contribution in [0.3, 0.4) is 0 Å². The molecule has 10 heteroatoms. The van der Waals surface area contributed by atoms with Crippen molar-refractivity contribution in [2.45, 2.75) is 16.1 Å². The van der Waals surface area contributed by atoms with E-state index in [0.717, 1.165) is 5.56 Å². The summed E-state index contributed by atoms with van der Waals surface area (Å²) < 4.78 is 0.620. The molecule has 3 heterocycles. The molecule has 1 aliphatic heterocycles. The van der Waals surface area contributed by atoms with E-state index in [0.29, 0.717) is 26.2 Å². The Bertz CT molecular complexity index is 1430. The van der Waals surface area contributed by atoms with E-state index in [1.807, 2.05) is 24.3 Å². The molecule has 1 fully saturated rings. The molecule has 0 spiro atoms. The minimum atomic E-state index is -0.890. The highest BCUT2D eigenvalue weighted by Crippen LogP contribution is 2.43. The zero-order chi connectivity index (χ0) is 24.4. The molecule has 35 heavy (non-hydrogen) atoms. The summed E-state index contributed by atoms with van der Waals surface area (Å²) in [5, 5.41) is 20.4. The lowest BCUT2D eigenvalue weighted by Crippen LogP contribution is -2.29. The molecule has 1 aliphatic rings. The zero-order valence-electron chi connectivity index (χ0n) is 18.0. The molecular weight excluding hydrogens is 504 g/mol. The van der Waals surface area contributed by atoms with Crippen LogP contribution >= 0.6 is 34.7 Å². The van der Waals surface area contributed by atoms with Crippen molar-refractivity contribution in [2.24, 2.45) is 0 Å². The molecular formula is C25H17ClN4O3S2. The standard InChI is InChI=1S/C25H17ClN4O3S2/c26-18-11-5-4-9-17(18)14-34-25-29-28-24(35-25)30-20(16-10-6-12-27-13-16)19(22(32)23(30)33)21(31)15-7-2-1-3-8-15/h1-13,20,31H,14H2. The summed E-state index contributed by atoms with van der Waals surface area (Å²) in [6, 6.07) is 18.8. The van der Waals surface area contributed by atoms with Gasteiger partial charge in [0.1, 0.15) is 5.76 Å². The van der Waals surface area contributed by atoms with Crippen molar-refractivity contribution in [3.8, 4) is 0 Å². The van der Waals surface area contributed by atoms with Gasteiger partial charge in [-0.25, -0.2) is 0 Å². The average Bonchev–Trinajstić information content (AvgIpc) is 3.46. The van der Waals surface area contributed by atoms with Crippen LogP contribution in [-0.2, 0) is 15.3 Å². The molecule has 1 unspecified atom stereocenters. The molecule has 5 rings (SSSR count). The fourth-order valence-corrected chi connectivity index (χ4v) is 5.90. The third-order valence-electron chi connectivity index (χ3n) is 5.40. The molecule has 1 amide bonds. The van der Waals surface area contributed by atoms with Gasteiger partial charge in [0.15, 0.2) is 4.34 Å². The molecule has 174 valence electrons. The number of carbonyl (C=O) groups is 2. The summed E-state index contributed by atoms with van der Waals surface area (Å²) in [6.07, 6.45) is 3.16. The first-order chi connectivity index (χ1) is 17.0. The fraction of sp³-hybridized carbons (Fsp3) is 0.0800. The first-order valence-corrected chi connectivity index (χ1v) is 12.7. The lowest BCUT2D eigenvalue weighted by atomic mass is 9.96. The van der Waals surface area contributed by atoms with Crippen LogP contribution in [0.25, 0.3) is 5.76 Å². The van der Waals surface area contributed by atoms with Gasteiger partial charge in [-0.3, -0.25) is 19.5 Å². The minimum absolute atomic E-state index is 0.0188. The van der Waals surface area contributed by atoms with E-state index in [1.165, 1.54) is 28.0 Å². The topological polar surface area (TPSA) is 96.3 Å². The largest absolute Gasteiger partial charge is 0.507 e. The maximum atomic E-state index is 13.2. The maximum Gasteiger partial charge on any atom is 0.301 e. The van der Waals surface area contributed by atoms with Crippen LogP contribution in [0.15, 0.2) is 89.0 Å². The smallest absolute Gasteiger partial charge is 0.301 e. The highest BCUT2D eigenvalue weighted by Gasteiger charge is 2.48. The van der Waals surface area contributed by atoms with Crippen LogP contribution < -0.4 is 4.90 Å². The van der Waals surface area contributed by atoms with Gasteiger partial charge < -0.3 is 5.11 Å². The molecule has 2 aromatic heterocycles. The summed E-state index contributed by atoms with van der Waals surface area (Å²) in [6.45, 7) is 0. The zero-order valence-corrected chi connectivity index (χ0v) is 20.4. The maximum absolute atomic E-state index is 13.2. The lowest BCUT2D eigenvalue weighted by molar-refractivity contribution is -0.132. The number of hydrogen-bond acceptors (Lipinski definition) is 8. The van der Waals surface area contributed by atoms with Gasteiger partial charge in [-0.2, -0.15) is 0 Å². The highest BCUT2D eigenvalue weighted by atomic mass is 35.5. The quantitative estimate of drug-likeness (QED) is 0.118. The fourth-order valence-electron chi connectivity index (χ4n) is 3.75. The number of hydrogen-bond donors (Lipinski definition) is 1. The Morgan fingerprint density at radius 2 is 1.80 bits per heavy atom. The van der Waals surface area contributed by atoms with Gasteiger partial charge >= 0.3 is 5.91 Å². The van der Waals surface area contributed by atoms with Gasteiger partial charge in [0.05, 0.1) is 11.6 Å². The van der Waals surface area contributed by atoms with Crippen molar-refractivity contribution in [1.29, 1.82) is 0 Å². The van der Waals surface area contributed by atoms with Crippen LogP contribution in [0, 0.1) is 0 Å². The van der Waals surface area contributed by atoms with E-state index in [1.54, 1.807) is 54.9 Å². The number of anilines is 1. The normalized spacial score (nSPS) is 17.2. The summed E-state index contributed by atoms with van der Waals surface area (Å²) >= 11 is 8.88. The van der Waals surface area contributed by atoms with Crippen LogP contribution in [0.4, 0.5) is 5.13 Å². The van der Waals surface area contributed by atoms with Crippen LogP contribution in [0.1, 0.15) is 22.7 Å². The molecule has 0 bridgehead atoms. The monoisotopic (exact) mass is 520 g/mol. The van der Waals surface area contributed by atoms with Gasteiger partial charge in [0.25, 0.3) is 5.78 Å². The molecule has 2 aromatic carbocycles. The molecule has 1 saturated heterocycles. The number of halogens is 1. The van der Waals surface area contributed by atoms with E-state index >= 15 is 0 Å². The van der Waals surface area contributed by atoms with Gasteiger partial charge in [0.2, 0.25) is 5.13 Å². The Kier molecular flexibility index (Phi) is 6.63. The third-order valence-corrected chi connectivity index (χ3v) is 7.88. The van der Waals surface area contributed by atoms with Crippen LogP contribution in [0.5, 0.6) is 0 Å². The first-order valence-electron chi connectivity index (χ1n) is 10.5. The Balaban J connectivity index is 1.52. The van der Waals surface area contributed by atoms with Crippen molar-refractivity contribution < 1.29 is 14.7 Å². The van der Waals surface area contributed by atoms with Crippen molar-refractivity contribution in [3.05, 3.63) is 106 Å². The second-order valence-electron chi connectivity index (χ2n) is 7.55. The van der Waals surface area contributed by atoms with Gasteiger partial charge in [-0.1, -0.05) is 89.3 Å². The van der Waals surface area contributed by atoms with E-state index in [9.17, 15) is 14.7 Å².